The van der Waals surface area contributed by atoms with Gasteiger partial charge in [0.25, 0.3) is 5.69 Å². The summed E-state index contributed by atoms with van der Waals surface area (Å²) in [7, 11) is 0. The molecule has 2 aromatic rings. The van der Waals surface area contributed by atoms with Gasteiger partial charge in [-0.1, -0.05) is 42.0 Å². The first-order chi connectivity index (χ1) is 12.8. The number of fused-ring (bicyclic) bond motifs is 3. The Hall–Kier alpha value is -2.54. The molecule has 1 N–H and O–H groups in total. The molecule has 4 rings (SSSR count). The van der Waals surface area contributed by atoms with Crippen molar-refractivity contribution < 1.29 is 18.1 Å². The quantitative estimate of drug-likeness (QED) is 0.380. The highest BCUT2D eigenvalue weighted by atomic mass is 35.5. The van der Waals surface area contributed by atoms with Crippen LogP contribution in [0.15, 0.2) is 48.6 Å². The summed E-state index contributed by atoms with van der Waals surface area (Å²) in [5, 5.41) is 14.7. The molecule has 140 valence electrons. The number of anilines is 1. The molecule has 0 unspecified atom stereocenters. The molecule has 0 radical (unpaired) electrons. The molecule has 27 heavy (non-hydrogen) atoms. The van der Waals surface area contributed by atoms with Crippen molar-refractivity contribution in [3.8, 4) is 0 Å². The summed E-state index contributed by atoms with van der Waals surface area (Å²) >= 11 is 6.22. The lowest BCUT2D eigenvalue weighted by atomic mass is 9.75. The second-order valence-electron chi connectivity index (χ2n) is 6.67. The maximum absolute atomic E-state index is 13.6. The molecule has 0 fully saturated rings. The van der Waals surface area contributed by atoms with E-state index in [9.17, 15) is 23.3 Å². The smallest absolute Gasteiger partial charge is 0.376 e. The molecule has 8 heteroatoms. The number of allylic oxidation sites excluding steroid dienone is 2. The summed E-state index contributed by atoms with van der Waals surface area (Å²) in [5.41, 5.74) is -0.0319. The van der Waals surface area contributed by atoms with Gasteiger partial charge in [-0.2, -0.15) is 13.2 Å². The van der Waals surface area contributed by atoms with Crippen molar-refractivity contribution in [1.82, 2.24) is 0 Å². The third-order valence-electron chi connectivity index (χ3n) is 5.24. The molecule has 2 aromatic carbocycles. The summed E-state index contributed by atoms with van der Waals surface area (Å²) in [6.45, 7) is 0. The maximum Gasteiger partial charge on any atom is 0.416 e. The van der Waals surface area contributed by atoms with Crippen LogP contribution >= 0.6 is 11.6 Å². The van der Waals surface area contributed by atoms with Crippen LogP contribution in [0, 0.1) is 16.0 Å². The highest BCUT2D eigenvalue weighted by molar-refractivity contribution is 6.33. The largest absolute Gasteiger partial charge is 0.416 e. The van der Waals surface area contributed by atoms with Gasteiger partial charge < -0.3 is 5.32 Å². The molecule has 1 aliphatic heterocycles. The minimum atomic E-state index is -4.51. The number of nitro benzene ring substituents is 1. The molecule has 1 heterocycles. The maximum atomic E-state index is 13.6. The van der Waals surface area contributed by atoms with E-state index < -0.39 is 28.6 Å². The number of para-hydroxylation sites is 1. The van der Waals surface area contributed by atoms with Crippen molar-refractivity contribution in [3.05, 3.63) is 80.4 Å². The number of nitrogens with zero attached hydrogens (tertiary/aromatic N) is 1. The standard InChI is InChI=1S/C19H14ClF3N2O2/c20-14-9-8-13(19(21,22)23)16-10-5-3-6-11(10)17(24-18(14)16)12-4-1-2-7-15(12)25(26)27/h1-5,7-11,17,24H,6H2/t10-,11+,17-/m1/s1. The van der Waals surface area contributed by atoms with E-state index in [1.807, 2.05) is 6.08 Å². The molecule has 0 spiro atoms. The van der Waals surface area contributed by atoms with E-state index in [1.165, 1.54) is 12.1 Å². The van der Waals surface area contributed by atoms with Gasteiger partial charge >= 0.3 is 6.18 Å². The molecule has 0 amide bonds. The number of hydrogen-bond acceptors (Lipinski definition) is 3. The van der Waals surface area contributed by atoms with Crippen LogP contribution in [0.2, 0.25) is 5.02 Å². The van der Waals surface area contributed by atoms with E-state index in [1.54, 1.807) is 24.3 Å². The van der Waals surface area contributed by atoms with Crippen LogP contribution in [0.5, 0.6) is 0 Å². The summed E-state index contributed by atoms with van der Waals surface area (Å²) in [6, 6.07) is 7.99. The molecule has 3 atom stereocenters. The van der Waals surface area contributed by atoms with Gasteiger partial charge in [-0.15, -0.1) is 0 Å². The minimum Gasteiger partial charge on any atom is -0.376 e. The topological polar surface area (TPSA) is 55.2 Å². The Balaban J connectivity index is 1.91. The fourth-order valence-electron chi connectivity index (χ4n) is 4.15. The normalized spacial score (nSPS) is 23.5. The van der Waals surface area contributed by atoms with Gasteiger partial charge in [0.1, 0.15) is 0 Å². The van der Waals surface area contributed by atoms with Gasteiger partial charge in [0.05, 0.1) is 32.8 Å². The molecule has 2 aliphatic rings. The molecule has 1 aliphatic carbocycles. The number of benzene rings is 2. The van der Waals surface area contributed by atoms with Crippen molar-refractivity contribution in [2.45, 2.75) is 24.6 Å². The zero-order chi connectivity index (χ0) is 19.3. The Bertz CT molecular complexity index is 958. The Kier molecular flexibility index (Phi) is 4.14. The van der Waals surface area contributed by atoms with Crippen LogP contribution in [-0.2, 0) is 6.18 Å². The van der Waals surface area contributed by atoms with Crippen molar-refractivity contribution in [1.29, 1.82) is 0 Å². The Labute approximate surface area is 157 Å². The van der Waals surface area contributed by atoms with Gasteiger partial charge in [-0.3, -0.25) is 10.1 Å². The Morgan fingerprint density at radius 1 is 1.19 bits per heavy atom. The first kappa shape index (κ1) is 17.9. The fourth-order valence-corrected chi connectivity index (χ4v) is 4.37. The van der Waals surface area contributed by atoms with E-state index in [0.29, 0.717) is 12.0 Å². The molecule has 0 aromatic heterocycles. The van der Waals surface area contributed by atoms with Crippen LogP contribution < -0.4 is 5.32 Å². The fraction of sp³-hybridized carbons (Fsp3) is 0.263. The molecular formula is C19H14ClF3N2O2. The van der Waals surface area contributed by atoms with Crippen LogP contribution in [0.25, 0.3) is 0 Å². The lowest BCUT2D eigenvalue weighted by Crippen LogP contribution is -2.31. The molecule has 0 bridgehead atoms. The van der Waals surface area contributed by atoms with Gasteiger partial charge in [-0.25, -0.2) is 0 Å². The third kappa shape index (κ3) is 2.86. The van der Waals surface area contributed by atoms with Crippen LogP contribution in [0.3, 0.4) is 0 Å². The number of alkyl halides is 3. The molecule has 0 saturated carbocycles. The highest BCUT2D eigenvalue weighted by Crippen LogP contribution is 2.55. The Morgan fingerprint density at radius 2 is 1.93 bits per heavy atom. The zero-order valence-electron chi connectivity index (χ0n) is 13.8. The first-order valence-electron chi connectivity index (χ1n) is 8.35. The number of hydrogen-bond donors (Lipinski definition) is 1. The van der Waals surface area contributed by atoms with Crippen molar-refractivity contribution >= 4 is 23.0 Å². The predicted molar refractivity (Wildman–Crippen MR) is 95.9 cm³/mol. The van der Waals surface area contributed by atoms with Gasteiger partial charge in [-0.05, 0) is 30.0 Å². The number of nitrogens with one attached hydrogen (secondary N) is 1. The van der Waals surface area contributed by atoms with Gasteiger partial charge in [0.15, 0.2) is 0 Å². The monoisotopic (exact) mass is 394 g/mol. The highest BCUT2D eigenvalue weighted by Gasteiger charge is 2.45. The summed E-state index contributed by atoms with van der Waals surface area (Å²) < 4.78 is 40.7. The number of nitro groups is 1. The zero-order valence-corrected chi connectivity index (χ0v) is 14.6. The van der Waals surface area contributed by atoms with E-state index in [4.69, 9.17) is 11.6 Å². The lowest BCUT2D eigenvalue weighted by molar-refractivity contribution is -0.385. The lowest BCUT2D eigenvalue weighted by Gasteiger charge is -2.39. The molecular weight excluding hydrogens is 381 g/mol. The SMILES string of the molecule is O=[N+]([O-])c1ccccc1[C@@H]1Nc2c(Cl)ccc(C(F)(F)F)c2[C@@H]2C=CC[C@@H]21. The number of halogens is 4. The van der Waals surface area contributed by atoms with Crippen molar-refractivity contribution in [2.24, 2.45) is 5.92 Å². The first-order valence-corrected chi connectivity index (χ1v) is 8.73. The Morgan fingerprint density at radius 3 is 2.63 bits per heavy atom. The average molecular weight is 395 g/mol. The van der Waals surface area contributed by atoms with Gasteiger partial charge in [0.2, 0.25) is 0 Å². The van der Waals surface area contributed by atoms with E-state index >= 15 is 0 Å². The van der Waals surface area contributed by atoms with Gasteiger partial charge in [0, 0.05) is 12.0 Å². The van der Waals surface area contributed by atoms with E-state index in [2.05, 4.69) is 5.32 Å². The van der Waals surface area contributed by atoms with Crippen LogP contribution in [0.4, 0.5) is 24.5 Å². The van der Waals surface area contributed by atoms with Crippen LogP contribution in [-0.4, -0.2) is 4.92 Å². The summed E-state index contributed by atoms with van der Waals surface area (Å²) in [6.07, 6.45) is -0.410. The number of rotatable bonds is 2. The van der Waals surface area contributed by atoms with Crippen molar-refractivity contribution in [2.75, 3.05) is 5.32 Å². The second kappa shape index (κ2) is 6.27. The predicted octanol–water partition coefficient (Wildman–Crippen LogP) is 6.09. The molecule has 0 saturated heterocycles. The summed E-state index contributed by atoms with van der Waals surface area (Å²) in [4.78, 5) is 11.0. The second-order valence-corrected chi connectivity index (χ2v) is 7.08. The average Bonchev–Trinajstić information content (AvgIpc) is 3.10. The summed E-state index contributed by atoms with van der Waals surface area (Å²) in [5.74, 6) is -0.778. The van der Waals surface area contributed by atoms with E-state index in [-0.39, 0.29) is 27.9 Å². The molecule has 4 nitrogen and oxygen atoms in total. The van der Waals surface area contributed by atoms with Crippen molar-refractivity contribution in [3.63, 3.8) is 0 Å². The third-order valence-corrected chi connectivity index (χ3v) is 5.56. The van der Waals surface area contributed by atoms with E-state index in [0.717, 1.165) is 6.07 Å². The minimum absolute atomic E-state index is 0.0628. The van der Waals surface area contributed by atoms with Crippen LogP contribution in [0.1, 0.15) is 35.1 Å².